The van der Waals surface area contributed by atoms with Crippen molar-refractivity contribution in [2.75, 3.05) is 0 Å². The van der Waals surface area contributed by atoms with Crippen LogP contribution >= 0.6 is 0 Å². The van der Waals surface area contributed by atoms with Crippen molar-refractivity contribution in [3.05, 3.63) is 0 Å². The van der Waals surface area contributed by atoms with Gasteiger partial charge in [0.15, 0.2) is 0 Å². The summed E-state index contributed by atoms with van der Waals surface area (Å²) < 4.78 is 0. The minimum absolute atomic E-state index is 0.0807. The molecule has 0 heterocycles. The zero-order chi connectivity index (χ0) is 8.91. The number of aliphatic carboxylic acids is 1. The molecule has 0 aliphatic heterocycles. The molecule has 3 nitrogen and oxygen atoms in total. The highest BCUT2D eigenvalue weighted by molar-refractivity contribution is 5.68. The Morgan fingerprint density at radius 1 is 1.55 bits per heavy atom. The monoisotopic (exact) mass is 159 g/mol. The summed E-state index contributed by atoms with van der Waals surface area (Å²) in [5.74, 6) is -0.803. The smallest absolute Gasteiger partial charge is 0.305 e. The topological polar surface area (TPSA) is 63.3 Å². The van der Waals surface area contributed by atoms with E-state index >= 15 is 0 Å². The quantitative estimate of drug-likeness (QED) is 0.636. The molecule has 0 aromatic rings. The second kappa shape index (κ2) is 4.34. The molecule has 0 saturated heterocycles. The molecule has 0 amide bonds. The Bertz CT molecular complexity index is 136. The second-order valence-electron chi connectivity index (χ2n) is 3.04. The fraction of sp³-hybridized carbons (Fsp3) is 0.875. The number of carboxylic acid groups (broad SMARTS) is 1. The van der Waals surface area contributed by atoms with Crippen LogP contribution in [-0.4, -0.2) is 16.6 Å². The van der Waals surface area contributed by atoms with Gasteiger partial charge in [-0.15, -0.1) is 0 Å². The average Bonchev–Trinajstić information content (AvgIpc) is 1.87. The first kappa shape index (κ1) is 10.4. The minimum Gasteiger partial charge on any atom is -0.481 e. The van der Waals surface area contributed by atoms with Crippen LogP contribution in [-0.2, 0) is 4.79 Å². The Hall–Kier alpha value is -0.570. The summed E-state index contributed by atoms with van der Waals surface area (Å²) in [7, 11) is 0. The zero-order valence-electron chi connectivity index (χ0n) is 7.26. The van der Waals surface area contributed by atoms with E-state index < -0.39 is 11.5 Å². The first-order valence-electron chi connectivity index (χ1n) is 4.04. The molecule has 0 fully saturated rings. The summed E-state index contributed by atoms with van der Waals surface area (Å²) in [5.41, 5.74) is 5.34. The lowest BCUT2D eigenvalue weighted by Crippen LogP contribution is -2.41. The standard InChI is InChI=1S/C8H17NO2/c1-3-5-8(9,4-2)6-7(10)11/h3-6,9H2,1-2H3,(H,10,11). The van der Waals surface area contributed by atoms with Crippen LogP contribution in [0.4, 0.5) is 0 Å². The van der Waals surface area contributed by atoms with Crippen molar-refractivity contribution in [3.63, 3.8) is 0 Å². The Kier molecular flexibility index (Phi) is 4.11. The van der Waals surface area contributed by atoms with Crippen molar-refractivity contribution in [1.29, 1.82) is 0 Å². The number of hydrogen-bond acceptors (Lipinski definition) is 2. The van der Waals surface area contributed by atoms with Crippen LogP contribution < -0.4 is 5.73 Å². The van der Waals surface area contributed by atoms with Crippen molar-refractivity contribution in [3.8, 4) is 0 Å². The lowest BCUT2D eigenvalue weighted by Gasteiger charge is -2.25. The summed E-state index contributed by atoms with van der Waals surface area (Å²) in [6.07, 6.45) is 2.54. The van der Waals surface area contributed by atoms with Gasteiger partial charge in [0.05, 0.1) is 6.42 Å². The Labute approximate surface area is 67.6 Å². The maximum Gasteiger partial charge on any atom is 0.305 e. The van der Waals surface area contributed by atoms with Crippen LogP contribution in [0.25, 0.3) is 0 Å². The van der Waals surface area contributed by atoms with Gasteiger partial charge in [0.25, 0.3) is 0 Å². The van der Waals surface area contributed by atoms with Crippen LogP contribution in [0.2, 0.25) is 0 Å². The molecule has 1 unspecified atom stereocenters. The van der Waals surface area contributed by atoms with Crippen molar-refractivity contribution >= 4 is 5.97 Å². The third-order valence-electron chi connectivity index (χ3n) is 1.96. The molecule has 3 N–H and O–H groups in total. The molecule has 3 heteroatoms. The summed E-state index contributed by atoms with van der Waals surface area (Å²) in [5, 5.41) is 8.53. The Balaban J connectivity index is 3.98. The van der Waals surface area contributed by atoms with Crippen molar-refractivity contribution in [2.45, 2.75) is 45.1 Å². The van der Waals surface area contributed by atoms with E-state index in [1.54, 1.807) is 0 Å². The van der Waals surface area contributed by atoms with Gasteiger partial charge < -0.3 is 10.8 Å². The van der Waals surface area contributed by atoms with Gasteiger partial charge in [-0.3, -0.25) is 4.79 Å². The van der Waals surface area contributed by atoms with E-state index in [9.17, 15) is 4.79 Å². The van der Waals surface area contributed by atoms with Gasteiger partial charge in [0.1, 0.15) is 0 Å². The van der Waals surface area contributed by atoms with Gasteiger partial charge >= 0.3 is 5.97 Å². The number of rotatable bonds is 5. The van der Waals surface area contributed by atoms with Crippen LogP contribution in [0.1, 0.15) is 39.5 Å². The minimum atomic E-state index is -0.803. The summed E-state index contributed by atoms with van der Waals surface area (Å²) in [6, 6.07) is 0. The van der Waals surface area contributed by atoms with Gasteiger partial charge in [-0.2, -0.15) is 0 Å². The van der Waals surface area contributed by atoms with E-state index in [1.807, 2.05) is 13.8 Å². The van der Waals surface area contributed by atoms with E-state index in [0.29, 0.717) is 0 Å². The second-order valence-corrected chi connectivity index (χ2v) is 3.04. The molecule has 0 aromatic carbocycles. The molecule has 0 aliphatic carbocycles. The van der Waals surface area contributed by atoms with E-state index in [-0.39, 0.29) is 6.42 Å². The van der Waals surface area contributed by atoms with Gasteiger partial charge in [-0.25, -0.2) is 0 Å². The molecule has 0 radical (unpaired) electrons. The van der Waals surface area contributed by atoms with Crippen molar-refractivity contribution < 1.29 is 9.90 Å². The molecule has 0 aliphatic rings. The zero-order valence-corrected chi connectivity index (χ0v) is 7.26. The SMILES string of the molecule is CCCC(N)(CC)CC(=O)O. The summed E-state index contributed by atoms with van der Waals surface area (Å²) >= 11 is 0. The Morgan fingerprint density at radius 2 is 2.09 bits per heavy atom. The van der Waals surface area contributed by atoms with E-state index in [2.05, 4.69) is 0 Å². The van der Waals surface area contributed by atoms with Gasteiger partial charge in [0.2, 0.25) is 0 Å². The van der Waals surface area contributed by atoms with Crippen LogP contribution in [0.5, 0.6) is 0 Å². The molecule has 0 bridgehead atoms. The van der Waals surface area contributed by atoms with E-state index in [1.165, 1.54) is 0 Å². The highest BCUT2D eigenvalue weighted by atomic mass is 16.4. The van der Waals surface area contributed by atoms with Gasteiger partial charge in [-0.05, 0) is 12.8 Å². The molecule has 11 heavy (non-hydrogen) atoms. The van der Waals surface area contributed by atoms with Gasteiger partial charge in [-0.1, -0.05) is 20.3 Å². The summed E-state index contributed by atoms with van der Waals surface area (Å²) in [4.78, 5) is 10.4. The fourth-order valence-electron chi connectivity index (χ4n) is 1.19. The number of carbonyl (C=O) groups is 1. The molecule has 0 spiro atoms. The third-order valence-corrected chi connectivity index (χ3v) is 1.96. The molecular formula is C8H17NO2. The molecular weight excluding hydrogens is 142 g/mol. The van der Waals surface area contributed by atoms with Crippen molar-refractivity contribution in [2.24, 2.45) is 5.73 Å². The number of carboxylic acids is 1. The first-order chi connectivity index (χ1) is 5.04. The molecule has 1 atom stereocenters. The molecule has 0 rings (SSSR count). The summed E-state index contributed by atoms with van der Waals surface area (Å²) in [6.45, 7) is 3.94. The third kappa shape index (κ3) is 3.98. The maximum absolute atomic E-state index is 10.4. The average molecular weight is 159 g/mol. The normalized spacial score (nSPS) is 15.9. The van der Waals surface area contributed by atoms with Crippen LogP contribution in [0, 0.1) is 0 Å². The predicted octanol–water partition coefficient (Wildman–Crippen LogP) is 1.37. The van der Waals surface area contributed by atoms with E-state index in [4.69, 9.17) is 10.8 Å². The lowest BCUT2D eigenvalue weighted by molar-refractivity contribution is -0.138. The van der Waals surface area contributed by atoms with Crippen LogP contribution in [0.15, 0.2) is 0 Å². The fourth-order valence-corrected chi connectivity index (χ4v) is 1.19. The van der Waals surface area contributed by atoms with E-state index in [0.717, 1.165) is 19.3 Å². The highest BCUT2D eigenvalue weighted by Gasteiger charge is 2.24. The Morgan fingerprint density at radius 3 is 2.36 bits per heavy atom. The largest absolute Gasteiger partial charge is 0.481 e. The maximum atomic E-state index is 10.4. The number of hydrogen-bond donors (Lipinski definition) is 2. The first-order valence-corrected chi connectivity index (χ1v) is 4.04. The molecule has 0 saturated carbocycles. The predicted molar refractivity (Wildman–Crippen MR) is 44.4 cm³/mol. The molecule has 66 valence electrons. The van der Waals surface area contributed by atoms with Gasteiger partial charge in [0, 0.05) is 5.54 Å². The number of nitrogens with two attached hydrogens (primary N) is 1. The van der Waals surface area contributed by atoms with Crippen molar-refractivity contribution in [1.82, 2.24) is 0 Å². The highest BCUT2D eigenvalue weighted by Crippen LogP contribution is 2.17. The molecule has 0 aromatic heterocycles. The van der Waals surface area contributed by atoms with Crippen LogP contribution in [0.3, 0.4) is 0 Å². The lowest BCUT2D eigenvalue weighted by atomic mass is 9.88.